The van der Waals surface area contributed by atoms with E-state index in [-0.39, 0.29) is 19.0 Å². The van der Waals surface area contributed by atoms with E-state index in [0.717, 1.165) is 5.56 Å². The fourth-order valence-corrected chi connectivity index (χ4v) is 1.98. The molecule has 1 N–H and O–H groups in total. The topological polar surface area (TPSA) is 32.3 Å². The summed E-state index contributed by atoms with van der Waals surface area (Å²) in [6.45, 7) is 1.30. The van der Waals surface area contributed by atoms with Gasteiger partial charge in [0.05, 0.1) is 0 Å². The Balaban J connectivity index is 0.00000180. The molecule has 1 amide bonds. The first-order valence-corrected chi connectivity index (χ1v) is 5.63. The van der Waals surface area contributed by atoms with E-state index < -0.39 is 18.5 Å². The van der Waals surface area contributed by atoms with Gasteiger partial charge in [0.1, 0.15) is 6.42 Å². The van der Waals surface area contributed by atoms with Crippen LogP contribution in [-0.4, -0.2) is 25.2 Å². The Bertz CT molecular complexity index is 451. The monoisotopic (exact) mass is 294 g/mol. The van der Waals surface area contributed by atoms with Crippen molar-refractivity contribution in [1.82, 2.24) is 5.32 Å². The van der Waals surface area contributed by atoms with Crippen molar-refractivity contribution in [3.05, 3.63) is 29.8 Å². The molecule has 1 aromatic rings. The van der Waals surface area contributed by atoms with Crippen molar-refractivity contribution in [3.63, 3.8) is 0 Å². The Morgan fingerprint density at radius 2 is 2.00 bits per heavy atom. The maximum absolute atomic E-state index is 12.3. The molecule has 0 aromatic heterocycles. The van der Waals surface area contributed by atoms with E-state index in [1.54, 1.807) is 18.2 Å². The molecule has 7 heteroatoms. The minimum atomic E-state index is -4.47. The summed E-state index contributed by atoms with van der Waals surface area (Å²) < 4.78 is 36.8. The summed E-state index contributed by atoms with van der Waals surface area (Å²) in [5, 5.41) is 3.08. The summed E-state index contributed by atoms with van der Waals surface area (Å²) in [5.41, 5.74) is 1.40. The number of anilines is 1. The van der Waals surface area contributed by atoms with Crippen LogP contribution in [0.3, 0.4) is 0 Å². The summed E-state index contributed by atoms with van der Waals surface area (Å²) in [7, 11) is 0. The van der Waals surface area contributed by atoms with E-state index in [1.807, 2.05) is 6.07 Å². The Kier molecular flexibility index (Phi) is 5.20. The van der Waals surface area contributed by atoms with Gasteiger partial charge in [0.25, 0.3) is 0 Å². The number of carbonyl (C=O) groups excluding carboxylic acids is 1. The Morgan fingerprint density at radius 3 is 2.68 bits per heavy atom. The Hall–Kier alpha value is -1.27. The molecule has 0 saturated heterocycles. The minimum absolute atomic E-state index is 0. The van der Waals surface area contributed by atoms with Crippen molar-refractivity contribution in [1.29, 1.82) is 0 Å². The highest BCUT2D eigenvalue weighted by molar-refractivity contribution is 5.94. The van der Waals surface area contributed by atoms with Gasteiger partial charge in [-0.2, -0.15) is 13.2 Å². The molecule has 1 aromatic carbocycles. The number of rotatable bonds is 1. The predicted octanol–water partition coefficient (Wildman–Crippen LogP) is 2.50. The van der Waals surface area contributed by atoms with Crippen LogP contribution in [0.25, 0.3) is 0 Å². The van der Waals surface area contributed by atoms with Gasteiger partial charge in [0, 0.05) is 25.3 Å². The molecule has 19 heavy (non-hydrogen) atoms. The van der Waals surface area contributed by atoms with Crippen LogP contribution in [0, 0.1) is 0 Å². The van der Waals surface area contributed by atoms with Crippen molar-refractivity contribution < 1.29 is 18.0 Å². The lowest BCUT2D eigenvalue weighted by Crippen LogP contribution is -2.37. The molecule has 0 spiro atoms. The van der Waals surface area contributed by atoms with E-state index in [9.17, 15) is 18.0 Å². The number of para-hydroxylation sites is 1. The van der Waals surface area contributed by atoms with E-state index in [0.29, 0.717) is 18.8 Å². The van der Waals surface area contributed by atoms with Gasteiger partial charge in [-0.15, -0.1) is 12.4 Å². The van der Waals surface area contributed by atoms with Crippen molar-refractivity contribution >= 4 is 24.0 Å². The number of hydrogen-bond donors (Lipinski definition) is 1. The number of fused-ring (bicyclic) bond motifs is 1. The second-order valence-corrected chi connectivity index (χ2v) is 4.14. The third kappa shape index (κ3) is 4.11. The van der Waals surface area contributed by atoms with Crippen LogP contribution in [-0.2, 0) is 11.3 Å². The van der Waals surface area contributed by atoms with Crippen LogP contribution in [0.2, 0.25) is 0 Å². The first-order chi connectivity index (χ1) is 8.47. The first kappa shape index (κ1) is 15.8. The fraction of sp³-hybridized carbons (Fsp3) is 0.417. The quantitative estimate of drug-likeness (QED) is 0.863. The van der Waals surface area contributed by atoms with Crippen LogP contribution in [0.15, 0.2) is 24.3 Å². The molecule has 2 rings (SSSR count). The standard InChI is InChI=1S/C12H13F3N2O.ClH/c13-12(14,15)7-11(18)17-6-5-16-8-9-3-1-2-4-10(9)17;/h1-4,16H,5-8H2;1H. The van der Waals surface area contributed by atoms with Crippen LogP contribution in [0.1, 0.15) is 12.0 Å². The second-order valence-electron chi connectivity index (χ2n) is 4.14. The summed E-state index contributed by atoms with van der Waals surface area (Å²) >= 11 is 0. The Morgan fingerprint density at radius 1 is 1.32 bits per heavy atom. The molecule has 1 heterocycles. The highest BCUT2D eigenvalue weighted by Gasteiger charge is 2.34. The van der Waals surface area contributed by atoms with Gasteiger partial charge in [-0.1, -0.05) is 18.2 Å². The average Bonchev–Trinajstić information content (AvgIpc) is 2.48. The maximum Gasteiger partial charge on any atom is 0.397 e. The zero-order chi connectivity index (χ0) is 13.2. The predicted molar refractivity (Wildman–Crippen MR) is 68.4 cm³/mol. The first-order valence-electron chi connectivity index (χ1n) is 5.63. The molecule has 1 aliphatic heterocycles. The molecule has 0 atom stereocenters. The molecule has 0 fully saturated rings. The summed E-state index contributed by atoms with van der Waals surface area (Å²) in [6, 6.07) is 7.01. The van der Waals surface area contributed by atoms with Crippen molar-refractivity contribution in [2.45, 2.75) is 19.1 Å². The fourth-order valence-electron chi connectivity index (χ4n) is 1.98. The van der Waals surface area contributed by atoms with Gasteiger partial charge in [-0.25, -0.2) is 0 Å². The third-order valence-electron chi connectivity index (χ3n) is 2.76. The molecule has 0 radical (unpaired) electrons. The van der Waals surface area contributed by atoms with Crippen molar-refractivity contribution in [2.24, 2.45) is 0 Å². The largest absolute Gasteiger partial charge is 0.397 e. The smallest absolute Gasteiger partial charge is 0.311 e. The van der Waals surface area contributed by atoms with Gasteiger partial charge in [0.15, 0.2) is 0 Å². The van der Waals surface area contributed by atoms with Gasteiger partial charge in [-0.3, -0.25) is 4.79 Å². The summed E-state index contributed by atoms with van der Waals surface area (Å²) in [4.78, 5) is 12.9. The molecule has 0 aliphatic carbocycles. The summed E-state index contributed by atoms with van der Waals surface area (Å²) in [6.07, 6.45) is -5.88. The molecule has 0 bridgehead atoms. The molecule has 1 aliphatic rings. The lowest BCUT2D eigenvalue weighted by atomic mass is 10.1. The van der Waals surface area contributed by atoms with E-state index in [2.05, 4.69) is 5.32 Å². The van der Waals surface area contributed by atoms with Gasteiger partial charge in [0.2, 0.25) is 5.91 Å². The van der Waals surface area contributed by atoms with Crippen LogP contribution in [0.5, 0.6) is 0 Å². The number of hydrogen-bond acceptors (Lipinski definition) is 2. The molecule has 3 nitrogen and oxygen atoms in total. The van der Waals surface area contributed by atoms with Gasteiger partial charge in [-0.05, 0) is 11.6 Å². The molecular weight excluding hydrogens is 281 g/mol. The zero-order valence-electron chi connectivity index (χ0n) is 10.0. The van der Waals surface area contributed by atoms with Crippen LogP contribution < -0.4 is 10.2 Å². The second kappa shape index (κ2) is 6.25. The van der Waals surface area contributed by atoms with Gasteiger partial charge >= 0.3 is 6.18 Å². The maximum atomic E-state index is 12.3. The molecule has 0 unspecified atom stereocenters. The minimum Gasteiger partial charge on any atom is -0.311 e. The lowest BCUT2D eigenvalue weighted by molar-refractivity contribution is -0.151. The Labute approximate surface area is 115 Å². The average molecular weight is 295 g/mol. The lowest BCUT2D eigenvalue weighted by Gasteiger charge is -2.23. The van der Waals surface area contributed by atoms with Gasteiger partial charge < -0.3 is 10.2 Å². The van der Waals surface area contributed by atoms with E-state index in [1.165, 1.54) is 4.90 Å². The molecular formula is C12H14ClF3N2O. The number of benzene rings is 1. The summed E-state index contributed by atoms with van der Waals surface area (Å²) in [5.74, 6) is -0.904. The van der Waals surface area contributed by atoms with Crippen LogP contribution >= 0.6 is 12.4 Å². The van der Waals surface area contributed by atoms with Crippen molar-refractivity contribution in [3.8, 4) is 0 Å². The third-order valence-corrected chi connectivity index (χ3v) is 2.76. The number of nitrogens with one attached hydrogen (secondary N) is 1. The zero-order valence-corrected chi connectivity index (χ0v) is 10.9. The number of nitrogens with zero attached hydrogens (tertiary/aromatic N) is 1. The van der Waals surface area contributed by atoms with Crippen molar-refractivity contribution in [2.75, 3.05) is 18.0 Å². The highest BCUT2D eigenvalue weighted by Crippen LogP contribution is 2.26. The molecule has 106 valence electrons. The normalized spacial score (nSPS) is 15.2. The molecule has 0 saturated carbocycles. The van der Waals surface area contributed by atoms with Crippen LogP contribution in [0.4, 0.5) is 18.9 Å². The number of amides is 1. The number of halogens is 4. The van der Waals surface area contributed by atoms with E-state index in [4.69, 9.17) is 0 Å². The van der Waals surface area contributed by atoms with E-state index >= 15 is 0 Å². The number of alkyl halides is 3. The SMILES string of the molecule is Cl.O=C(CC(F)(F)F)N1CCNCc2ccccc21. The highest BCUT2D eigenvalue weighted by atomic mass is 35.5. The number of carbonyl (C=O) groups is 1.